The number of ether oxygens (including phenoxy) is 2. The second-order valence-corrected chi connectivity index (χ2v) is 6.87. The largest absolute Gasteiger partial charge is 0.493 e. The van der Waals surface area contributed by atoms with Gasteiger partial charge in [0.1, 0.15) is 0 Å². The van der Waals surface area contributed by atoms with Crippen molar-refractivity contribution in [3.8, 4) is 11.5 Å². The van der Waals surface area contributed by atoms with Gasteiger partial charge in [-0.05, 0) is 40.7 Å². The van der Waals surface area contributed by atoms with E-state index in [4.69, 9.17) is 15.2 Å². The zero-order valence-electron chi connectivity index (χ0n) is 14.7. The van der Waals surface area contributed by atoms with Crippen LogP contribution >= 0.6 is 0 Å². The SMILES string of the molecule is COc1ccc(C(N)Cc2ccc(C(C)(C)C)cc2)cc1OC. The molecule has 0 heterocycles. The van der Waals surface area contributed by atoms with Gasteiger partial charge in [-0.2, -0.15) is 0 Å². The van der Waals surface area contributed by atoms with Crippen LogP contribution in [0.3, 0.4) is 0 Å². The molecule has 0 aliphatic rings. The molecule has 0 bridgehead atoms. The topological polar surface area (TPSA) is 44.5 Å². The van der Waals surface area contributed by atoms with Crippen molar-refractivity contribution < 1.29 is 9.47 Å². The van der Waals surface area contributed by atoms with Crippen LogP contribution < -0.4 is 15.2 Å². The first-order valence-corrected chi connectivity index (χ1v) is 7.92. The molecule has 0 radical (unpaired) electrons. The molecule has 124 valence electrons. The Balaban J connectivity index is 2.14. The molecule has 0 spiro atoms. The first-order valence-electron chi connectivity index (χ1n) is 7.92. The molecule has 0 aliphatic carbocycles. The zero-order chi connectivity index (χ0) is 17.0. The van der Waals surface area contributed by atoms with Crippen LogP contribution in [0.2, 0.25) is 0 Å². The van der Waals surface area contributed by atoms with Gasteiger partial charge in [0.25, 0.3) is 0 Å². The van der Waals surface area contributed by atoms with Gasteiger partial charge >= 0.3 is 0 Å². The molecule has 1 unspecified atom stereocenters. The van der Waals surface area contributed by atoms with Gasteiger partial charge in [0, 0.05) is 6.04 Å². The molecule has 0 fully saturated rings. The van der Waals surface area contributed by atoms with Gasteiger partial charge in [-0.1, -0.05) is 51.1 Å². The summed E-state index contributed by atoms with van der Waals surface area (Å²) < 4.78 is 10.6. The highest BCUT2D eigenvalue weighted by Gasteiger charge is 2.14. The first-order chi connectivity index (χ1) is 10.8. The van der Waals surface area contributed by atoms with Gasteiger partial charge in [0.05, 0.1) is 14.2 Å². The van der Waals surface area contributed by atoms with E-state index in [9.17, 15) is 0 Å². The average Bonchev–Trinajstić information content (AvgIpc) is 2.53. The van der Waals surface area contributed by atoms with Crippen molar-refractivity contribution in [2.45, 2.75) is 38.6 Å². The number of hydrogen-bond acceptors (Lipinski definition) is 3. The van der Waals surface area contributed by atoms with Crippen LogP contribution in [0.1, 0.15) is 43.5 Å². The van der Waals surface area contributed by atoms with Crippen molar-refractivity contribution in [2.24, 2.45) is 5.73 Å². The minimum Gasteiger partial charge on any atom is -0.493 e. The highest BCUT2D eigenvalue weighted by Crippen LogP contribution is 2.30. The van der Waals surface area contributed by atoms with E-state index in [2.05, 4.69) is 45.0 Å². The molecule has 23 heavy (non-hydrogen) atoms. The smallest absolute Gasteiger partial charge is 0.161 e. The van der Waals surface area contributed by atoms with Crippen molar-refractivity contribution in [1.82, 2.24) is 0 Å². The van der Waals surface area contributed by atoms with Crippen LogP contribution in [0.25, 0.3) is 0 Å². The second-order valence-electron chi connectivity index (χ2n) is 6.87. The van der Waals surface area contributed by atoms with E-state index in [1.54, 1.807) is 14.2 Å². The number of methoxy groups -OCH3 is 2. The molecule has 0 aliphatic heterocycles. The maximum atomic E-state index is 6.37. The quantitative estimate of drug-likeness (QED) is 0.897. The summed E-state index contributed by atoms with van der Waals surface area (Å²) in [6.45, 7) is 6.66. The van der Waals surface area contributed by atoms with E-state index in [1.807, 2.05) is 18.2 Å². The molecular weight excluding hydrogens is 286 g/mol. The number of rotatable bonds is 5. The molecule has 3 heteroatoms. The monoisotopic (exact) mass is 313 g/mol. The van der Waals surface area contributed by atoms with E-state index >= 15 is 0 Å². The van der Waals surface area contributed by atoms with E-state index in [0.717, 1.165) is 17.7 Å². The molecule has 3 nitrogen and oxygen atoms in total. The van der Waals surface area contributed by atoms with Crippen molar-refractivity contribution in [3.05, 3.63) is 59.2 Å². The Kier molecular flexibility index (Phi) is 5.32. The van der Waals surface area contributed by atoms with E-state index in [-0.39, 0.29) is 11.5 Å². The summed E-state index contributed by atoms with van der Waals surface area (Å²) in [6, 6.07) is 14.5. The third-order valence-corrected chi connectivity index (χ3v) is 4.11. The third-order valence-electron chi connectivity index (χ3n) is 4.11. The van der Waals surface area contributed by atoms with Crippen molar-refractivity contribution in [1.29, 1.82) is 0 Å². The Morgan fingerprint density at radius 2 is 1.52 bits per heavy atom. The molecule has 0 saturated heterocycles. The lowest BCUT2D eigenvalue weighted by Crippen LogP contribution is -2.14. The normalized spacial score (nSPS) is 12.8. The Hall–Kier alpha value is -2.00. The summed E-state index contributed by atoms with van der Waals surface area (Å²) in [4.78, 5) is 0. The lowest BCUT2D eigenvalue weighted by Gasteiger charge is -2.20. The summed E-state index contributed by atoms with van der Waals surface area (Å²) >= 11 is 0. The van der Waals surface area contributed by atoms with Gasteiger partial charge in [0.15, 0.2) is 11.5 Å². The fourth-order valence-corrected chi connectivity index (χ4v) is 2.60. The lowest BCUT2D eigenvalue weighted by molar-refractivity contribution is 0.354. The second kappa shape index (κ2) is 7.05. The predicted octanol–water partition coefficient (Wildman–Crippen LogP) is 4.24. The fourth-order valence-electron chi connectivity index (χ4n) is 2.60. The molecule has 1 atom stereocenters. The maximum absolute atomic E-state index is 6.37. The molecule has 2 aromatic carbocycles. The maximum Gasteiger partial charge on any atom is 0.161 e. The van der Waals surface area contributed by atoms with Gasteiger partial charge in [-0.15, -0.1) is 0 Å². The van der Waals surface area contributed by atoms with E-state index in [0.29, 0.717) is 5.75 Å². The van der Waals surface area contributed by atoms with E-state index < -0.39 is 0 Å². The van der Waals surface area contributed by atoms with Gasteiger partial charge < -0.3 is 15.2 Å². The van der Waals surface area contributed by atoms with Crippen LogP contribution in [0.15, 0.2) is 42.5 Å². The van der Waals surface area contributed by atoms with Crippen LogP contribution in [0, 0.1) is 0 Å². The fraction of sp³-hybridized carbons (Fsp3) is 0.400. The predicted molar refractivity (Wildman–Crippen MR) is 95.3 cm³/mol. The summed E-state index contributed by atoms with van der Waals surface area (Å²) in [5.74, 6) is 1.43. The molecule has 0 saturated carbocycles. The molecule has 0 amide bonds. The zero-order valence-corrected chi connectivity index (χ0v) is 14.7. The Bertz CT molecular complexity index is 642. The third kappa shape index (κ3) is 4.26. The van der Waals surface area contributed by atoms with Crippen molar-refractivity contribution >= 4 is 0 Å². The molecule has 2 aromatic rings. The Labute approximate surface area is 139 Å². The molecular formula is C20H27NO2. The van der Waals surface area contributed by atoms with Gasteiger partial charge in [0.2, 0.25) is 0 Å². The number of benzene rings is 2. The summed E-state index contributed by atoms with van der Waals surface area (Å²) in [5, 5.41) is 0. The summed E-state index contributed by atoms with van der Waals surface area (Å²) in [6.07, 6.45) is 0.792. The number of hydrogen-bond donors (Lipinski definition) is 1. The van der Waals surface area contributed by atoms with Crippen molar-refractivity contribution in [3.63, 3.8) is 0 Å². The highest BCUT2D eigenvalue weighted by atomic mass is 16.5. The first kappa shape index (κ1) is 17.4. The Morgan fingerprint density at radius 1 is 0.913 bits per heavy atom. The average molecular weight is 313 g/mol. The van der Waals surface area contributed by atoms with Gasteiger partial charge in [-0.3, -0.25) is 0 Å². The number of nitrogens with two attached hydrogens (primary N) is 1. The summed E-state index contributed by atoms with van der Waals surface area (Å²) in [7, 11) is 3.27. The van der Waals surface area contributed by atoms with Crippen LogP contribution in [-0.2, 0) is 11.8 Å². The van der Waals surface area contributed by atoms with Gasteiger partial charge in [-0.25, -0.2) is 0 Å². The minimum atomic E-state index is -0.0738. The molecule has 2 N–H and O–H groups in total. The summed E-state index contributed by atoms with van der Waals surface area (Å²) in [5.41, 5.74) is 10.2. The standard InChI is InChI=1S/C20H27NO2/c1-20(2,3)16-9-6-14(7-10-16)12-17(21)15-8-11-18(22-4)19(13-15)23-5/h6-11,13,17H,12,21H2,1-5H3. The molecule has 2 rings (SSSR count). The molecule has 0 aromatic heterocycles. The van der Waals surface area contributed by atoms with Crippen LogP contribution in [0.5, 0.6) is 11.5 Å². The van der Waals surface area contributed by atoms with Crippen LogP contribution in [0.4, 0.5) is 0 Å². The lowest BCUT2D eigenvalue weighted by atomic mass is 9.86. The highest BCUT2D eigenvalue weighted by molar-refractivity contribution is 5.44. The minimum absolute atomic E-state index is 0.0738. The van der Waals surface area contributed by atoms with E-state index in [1.165, 1.54) is 11.1 Å². The Morgan fingerprint density at radius 3 is 2.04 bits per heavy atom. The van der Waals surface area contributed by atoms with Crippen LogP contribution in [-0.4, -0.2) is 14.2 Å². The van der Waals surface area contributed by atoms with Crippen molar-refractivity contribution in [2.75, 3.05) is 14.2 Å².